The van der Waals surface area contributed by atoms with Crippen molar-refractivity contribution in [1.82, 2.24) is 5.32 Å². The van der Waals surface area contributed by atoms with E-state index in [1.165, 1.54) is 57.9 Å². The van der Waals surface area contributed by atoms with Gasteiger partial charge < -0.3 is 5.32 Å². The molecule has 2 rings (SSSR count). The van der Waals surface area contributed by atoms with E-state index in [0.29, 0.717) is 5.41 Å². The smallest absolute Gasteiger partial charge is 0.00985 e. The maximum atomic E-state index is 3.85. The van der Waals surface area contributed by atoms with Gasteiger partial charge in [0.15, 0.2) is 0 Å². The monoisotopic (exact) mass is 221 g/mol. The van der Waals surface area contributed by atoms with Crippen LogP contribution in [-0.4, -0.2) is 12.6 Å². The molecule has 2 aliphatic carbocycles. The van der Waals surface area contributed by atoms with Crippen LogP contribution in [0.1, 0.15) is 58.3 Å². The van der Waals surface area contributed by atoms with Crippen molar-refractivity contribution < 1.29 is 0 Å². The highest BCUT2D eigenvalue weighted by atomic mass is 14.9. The van der Waals surface area contributed by atoms with E-state index < -0.39 is 0 Å². The van der Waals surface area contributed by atoms with Crippen LogP contribution in [0.4, 0.5) is 0 Å². The Hall–Kier alpha value is -0.300. The molecule has 2 fully saturated rings. The van der Waals surface area contributed by atoms with E-state index in [1.54, 1.807) is 0 Å². The minimum absolute atomic E-state index is 0.599. The largest absolute Gasteiger partial charge is 0.313 e. The molecule has 16 heavy (non-hydrogen) atoms. The Balaban J connectivity index is 1.74. The summed E-state index contributed by atoms with van der Waals surface area (Å²) in [5, 5.41) is 3.85. The molecule has 1 heteroatoms. The number of rotatable bonds is 7. The third-order valence-electron chi connectivity index (χ3n) is 4.47. The van der Waals surface area contributed by atoms with Crippen molar-refractivity contribution in [2.24, 2.45) is 11.3 Å². The zero-order valence-electron chi connectivity index (χ0n) is 10.8. The van der Waals surface area contributed by atoms with Crippen LogP contribution in [0.25, 0.3) is 0 Å². The Bertz CT molecular complexity index is 224. The molecule has 2 saturated carbocycles. The lowest BCUT2D eigenvalue weighted by atomic mass is 9.88. The lowest BCUT2D eigenvalue weighted by Crippen LogP contribution is -2.38. The van der Waals surface area contributed by atoms with Crippen LogP contribution in [0.3, 0.4) is 0 Å². The second-order valence-corrected chi connectivity index (χ2v) is 6.21. The van der Waals surface area contributed by atoms with Crippen molar-refractivity contribution in [1.29, 1.82) is 0 Å². The van der Waals surface area contributed by atoms with Gasteiger partial charge in [0.25, 0.3) is 0 Å². The van der Waals surface area contributed by atoms with Gasteiger partial charge in [-0.15, -0.1) is 6.58 Å². The van der Waals surface area contributed by atoms with Crippen LogP contribution in [-0.2, 0) is 0 Å². The van der Waals surface area contributed by atoms with E-state index in [-0.39, 0.29) is 0 Å². The molecule has 1 unspecified atom stereocenters. The average molecular weight is 221 g/mol. The number of nitrogens with one attached hydrogen (secondary N) is 1. The highest BCUT2D eigenvalue weighted by Crippen LogP contribution is 2.39. The van der Waals surface area contributed by atoms with E-state index in [0.717, 1.165) is 12.0 Å². The van der Waals surface area contributed by atoms with E-state index in [2.05, 4.69) is 24.9 Å². The van der Waals surface area contributed by atoms with Gasteiger partial charge in [0.2, 0.25) is 0 Å². The Kier molecular flexibility index (Phi) is 4.07. The Labute approximate surface area is 101 Å². The van der Waals surface area contributed by atoms with Crippen LogP contribution < -0.4 is 5.32 Å². The number of hydrogen-bond acceptors (Lipinski definition) is 1. The molecular weight excluding hydrogens is 194 g/mol. The number of allylic oxidation sites excluding steroid dienone is 1. The van der Waals surface area contributed by atoms with E-state index in [9.17, 15) is 0 Å². The van der Waals surface area contributed by atoms with Crippen molar-refractivity contribution in [3.8, 4) is 0 Å². The van der Waals surface area contributed by atoms with Crippen molar-refractivity contribution in [3.05, 3.63) is 12.7 Å². The Morgan fingerprint density at radius 1 is 1.38 bits per heavy atom. The fourth-order valence-corrected chi connectivity index (χ4v) is 3.08. The first-order valence-electron chi connectivity index (χ1n) is 7.08. The maximum Gasteiger partial charge on any atom is 0.00985 e. The third kappa shape index (κ3) is 3.35. The molecular formula is C15H27N. The fourth-order valence-electron chi connectivity index (χ4n) is 3.08. The molecule has 0 radical (unpaired) electrons. The lowest BCUT2D eigenvalue weighted by Gasteiger charge is -2.28. The zero-order valence-corrected chi connectivity index (χ0v) is 10.8. The minimum Gasteiger partial charge on any atom is -0.313 e. The fraction of sp³-hybridized carbons (Fsp3) is 0.867. The quantitative estimate of drug-likeness (QED) is 0.643. The van der Waals surface area contributed by atoms with Crippen LogP contribution in [0, 0.1) is 11.3 Å². The summed E-state index contributed by atoms with van der Waals surface area (Å²) in [6.45, 7) is 7.54. The molecule has 0 heterocycles. The first-order valence-corrected chi connectivity index (χ1v) is 7.08. The Morgan fingerprint density at radius 3 is 2.62 bits per heavy atom. The van der Waals surface area contributed by atoms with Gasteiger partial charge in [-0.05, 0) is 49.9 Å². The molecule has 0 bridgehead atoms. The van der Waals surface area contributed by atoms with Crippen molar-refractivity contribution in [2.45, 2.75) is 64.3 Å². The topological polar surface area (TPSA) is 12.0 Å². The second kappa shape index (κ2) is 5.35. The normalized spacial score (nSPS) is 25.6. The molecule has 0 aromatic carbocycles. The molecule has 0 aromatic rings. The molecule has 1 atom stereocenters. The third-order valence-corrected chi connectivity index (χ3v) is 4.47. The molecule has 0 amide bonds. The summed E-state index contributed by atoms with van der Waals surface area (Å²) in [6, 6.07) is 0.774. The molecule has 1 nitrogen and oxygen atoms in total. The summed E-state index contributed by atoms with van der Waals surface area (Å²) in [4.78, 5) is 0. The van der Waals surface area contributed by atoms with Gasteiger partial charge in [-0.3, -0.25) is 0 Å². The maximum absolute atomic E-state index is 3.85. The van der Waals surface area contributed by atoms with Gasteiger partial charge in [0.05, 0.1) is 0 Å². The summed E-state index contributed by atoms with van der Waals surface area (Å²) in [5.41, 5.74) is 0.599. The summed E-state index contributed by atoms with van der Waals surface area (Å²) in [5.74, 6) is 0.977. The predicted molar refractivity (Wildman–Crippen MR) is 70.5 cm³/mol. The molecule has 0 saturated heterocycles. The van der Waals surface area contributed by atoms with Gasteiger partial charge in [0, 0.05) is 12.6 Å². The summed E-state index contributed by atoms with van der Waals surface area (Å²) < 4.78 is 0. The number of hydrogen-bond donors (Lipinski definition) is 1. The first-order chi connectivity index (χ1) is 7.73. The molecule has 0 aliphatic heterocycles. The molecule has 1 N–H and O–H groups in total. The van der Waals surface area contributed by atoms with Crippen molar-refractivity contribution >= 4 is 0 Å². The van der Waals surface area contributed by atoms with E-state index in [4.69, 9.17) is 0 Å². The van der Waals surface area contributed by atoms with Gasteiger partial charge in [-0.2, -0.15) is 0 Å². The van der Waals surface area contributed by atoms with Gasteiger partial charge in [-0.1, -0.05) is 25.8 Å². The van der Waals surface area contributed by atoms with Crippen LogP contribution >= 0.6 is 0 Å². The average Bonchev–Trinajstić information content (AvgIpc) is 3.02. The lowest BCUT2D eigenvalue weighted by molar-refractivity contribution is 0.283. The van der Waals surface area contributed by atoms with Gasteiger partial charge >= 0.3 is 0 Å². The minimum atomic E-state index is 0.599. The summed E-state index contributed by atoms with van der Waals surface area (Å²) in [7, 11) is 0. The van der Waals surface area contributed by atoms with Crippen molar-refractivity contribution in [2.75, 3.05) is 6.54 Å². The molecule has 0 aromatic heterocycles. The predicted octanol–water partition coefficient (Wildman–Crippen LogP) is 3.90. The zero-order chi connectivity index (χ0) is 11.4. The summed E-state index contributed by atoms with van der Waals surface area (Å²) >= 11 is 0. The van der Waals surface area contributed by atoms with Gasteiger partial charge in [-0.25, -0.2) is 0 Å². The molecule has 92 valence electrons. The van der Waals surface area contributed by atoms with Crippen molar-refractivity contribution in [3.63, 3.8) is 0 Å². The Morgan fingerprint density at radius 2 is 2.06 bits per heavy atom. The standard InChI is InChI=1S/C15H27N/c1-3-4-7-14(13-8-9-13)16-12-15(2)10-5-6-11-15/h3,13-14,16H,1,4-12H2,2H3. The van der Waals surface area contributed by atoms with Crippen LogP contribution in [0.2, 0.25) is 0 Å². The van der Waals surface area contributed by atoms with Crippen LogP contribution in [0.5, 0.6) is 0 Å². The summed E-state index contributed by atoms with van der Waals surface area (Å²) in [6.07, 6.45) is 13.2. The molecule has 0 spiro atoms. The molecule has 2 aliphatic rings. The highest BCUT2D eigenvalue weighted by molar-refractivity contribution is 4.91. The highest BCUT2D eigenvalue weighted by Gasteiger charge is 2.33. The van der Waals surface area contributed by atoms with Gasteiger partial charge in [0.1, 0.15) is 0 Å². The van der Waals surface area contributed by atoms with E-state index >= 15 is 0 Å². The SMILES string of the molecule is C=CCCC(NCC1(C)CCCC1)C1CC1. The van der Waals surface area contributed by atoms with E-state index in [1.807, 2.05) is 0 Å². The van der Waals surface area contributed by atoms with Crippen LogP contribution in [0.15, 0.2) is 12.7 Å². The second-order valence-electron chi connectivity index (χ2n) is 6.21. The first kappa shape index (κ1) is 12.2.